The topological polar surface area (TPSA) is 57.8 Å². The summed E-state index contributed by atoms with van der Waals surface area (Å²) >= 11 is 0. The summed E-state index contributed by atoms with van der Waals surface area (Å²) in [5.74, 6) is 0.593. The molecule has 4 heteroatoms. The van der Waals surface area contributed by atoms with Gasteiger partial charge in [-0.1, -0.05) is 13.8 Å². The van der Waals surface area contributed by atoms with Crippen molar-refractivity contribution in [3.63, 3.8) is 0 Å². The van der Waals surface area contributed by atoms with Gasteiger partial charge in [0.05, 0.1) is 30.2 Å². The summed E-state index contributed by atoms with van der Waals surface area (Å²) in [6.45, 7) is 4.31. The minimum Gasteiger partial charge on any atom is -0.393 e. The van der Waals surface area contributed by atoms with Gasteiger partial charge in [-0.25, -0.2) is 4.98 Å². The molecule has 0 amide bonds. The SMILES string of the molecule is CC(C)c1ccn2cncc2c1[C@H](O)[C@H]1CC[C@H](O)CC1. The van der Waals surface area contributed by atoms with Gasteiger partial charge in [0, 0.05) is 11.8 Å². The lowest BCUT2D eigenvalue weighted by molar-refractivity contribution is 0.0414. The second-order valence-electron chi connectivity index (χ2n) is 6.54. The average molecular weight is 288 g/mol. The molecule has 0 aliphatic heterocycles. The predicted octanol–water partition coefficient (Wildman–Crippen LogP) is 3.04. The van der Waals surface area contributed by atoms with E-state index in [0.717, 1.165) is 36.8 Å². The molecule has 1 aliphatic carbocycles. The van der Waals surface area contributed by atoms with Gasteiger partial charge in [-0.05, 0) is 49.1 Å². The highest BCUT2D eigenvalue weighted by Gasteiger charge is 2.29. The molecule has 114 valence electrons. The Morgan fingerprint density at radius 1 is 1.24 bits per heavy atom. The van der Waals surface area contributed by atoms with Gasteiger partial charge in [0.1, 0.15) is 0 Å². The fraction of sp³-hybridized carbons (Fsp3) is 0.588. The second kappa shape index (κ2) is 5.78. The van der Waals surface area contributed by atoms with E-state index >= 15 is 0 Å². The van der Waals surface area contributed by atoms with E-state index in [-0.39, 0.29) is 12.0 Å². The zero-order valence-electron chi connectivity index (χ0n) is 12.7. The summed E-state index contributed by atoms with van der Waals surface area (Å²) < 4.78 is 1.97. The van der Waals surface area contributed by atoms with E-state index < -0.39 is 6.10 Å². The summed E-state index contributed by atoms with van der Waals surface area (Å²) in [6, 6.07) is 2.09. The van der Waals surface area contributed by atoms with Crippen LogP contribution in [0, 0.1) is 5.92 Å². The van der Waals surface area contributed by atoms with E-state index in [4.69, 9.17) is 0 Å². The normalized spacial score (nSPS) is 24.6. The molecule has 21 heavy (non-hydrogen) atoms. The highest BCUT2D eigenvalue weighted by molar-refractivity contribution is 5.58. The second-order valence-corrected chi connectivity index (χ2v) is 6.54. The Labute approximate surface area is 125 Å². The first-order chi connectivity index (χ1) is 10.1. The van der Waals surface area contributed by atoms with Crippen LogP contribution in [0.3, 0.4) is 0 Å². The standard InChI is InChI=1S/C17H24N2O2/c1-11(2)14-7-8-19-10-18-9-15(19)16(14)17(21)12-3-5-13(20)6-4-12/h7-13,17,20-21H,3-6H2,1-2H3/t12-,13-,17-/m1/s1. The molecular formula is C17H24N2O2. The Kier molecular flexibility index (Phi) is 4.00. The van der Waals surface area contributed by atoms with Crippen LogP contribution in [0.5, 0.6) is 0 Å². The maximum Gasteiger partial charge on any atom is 0.0992 e. The first-order valence-electron chi connectivity index (χ1n) is 7.88. The smallest absolute Gasteiger partial charge is 0.0992 e. The summed E-state index contributed by atoms with van der Waals surface area (Å²) in [6.07, 6.45) is 8.31. The third-order valence-corrected chi connectivity index (χ3v) is 4.77. The van der Waals surface area contributed by atoms with Crippen molar-refractivity contribution in [2.45, 2.75) is 57.7 Å². The lowest BCUT2D eigenvalue weighted by Gasteiger charge is -2.31. The zero-order chi connectivity index (χ0) is 15.0. The Morgan fingerprint density at radius 2 is 1.95 bits per heavy atom. The summed E-state index contributed by atoms with van der Waals surface area (Å²) in [4.78, 5) is 4.21. The number of rotatable bonds is 3. The van der Waals surface area contributed by atoms with E-state index in [1.54, 1.807) is 6.33 Å². The first kappa shape index (κ1) is 14.5. The highest BCUT2D eigenvalue weighted by Crippen LogP contribution is 2.39. The number of nitrogens with zero attached hydrogens (tertiary/aromatic N) is 2. The quantitative estimate of drug-likeness (QED) is 0.912. The van der Waals surface area contributed by atoms with Gasteiger partial charge in [-0.3, -0.25) is 0 Å². The van der Waals surface area contributed by atoms with E-state index in [2.05, 4.69) is 24.9 Å². The van der Waals surface area contributed by atoms with Crippen molar-refractivity contribution in [3.05, 3.63) is 35.9 Å². The number of aromatic nitrogens is 2. The van der Waals surface area contributed by atoms with E-state index in [9.17, 15) is 10.2 Å². The van der Waals surface area contributed by atoms with E-state index in [1.807, 2.05) is 16.8 Å². The minimum atomic E-state index is -0.477. The van der Waals surface area contributed by atoms with Gasteiger partial charge in [0.2, 0.25) is 0 Å². The molecule has 2 aromatic rings. The van der Waals surface area contributed by atoms with Crippen LogP contribution in [-0.4, -0.2) is 25.7 Å². The van der Waals surface area contributed by atoms with Crippen molar-refractivity contribution in [2.24, 2.45) is 5.92 Å². The van der Waals surface area contributed by atoms with Gasteiger partial charge in [0.25, 0.3) is 0 Å². The number of aliphatic hydroxyl groups excluding tert-OH is 2. The number of pyridine rings is 1. The van der Waals surface area contributed by atoms with Gasteiger partial charge in [-0.15, -0.1) is 0 Å². The first-order valence-corrected chi connectivity index (χ1v) is 7.88. The number of fused-ring (bicyclic) bond motifs is 1. The van der Waals surface area contributed by atoms with Crippen molar-refractivity contribution in [1.29, 1.82) is 0 Å². The Bertz CT molecular complexity index is 612. The Morgan fingerprint density at radius 3 is 2.62 bits per heavy atom. The highest BCUT2D eigenvalue weighted by atomic mass is 16.3. The Balaban J connectivity index is 2.01. The van der Waals surface area contributed by atoms with Crippen LogP contribution < -0.4 is 0 Å². The molecule has 2 N–H and O–H groups in total. The number of aliphatic hydroxyl groups is 2. The van der Waals surface area contributed by atoms with Crippen molar-refractivity contribution in [2.75, 3.05) is 0 Å². The molecule has 1 saturated carbocycles. The lowest BCUT2D eigenvalue weighted by atomic mass is 9.79. The molecule has 0 saturated heterocycles. The molecule has 0 aromatic carbocycles. The van der Waals surface area contributed by atoms with Gasteiger partial charge < -0.3 is 14.6 Å². The minimum absolute atomic E-state index is 0.191. The van der Waals surface area contributed by atoms with Crippen LogP contribution in [-0.2, 0) is 0 Å². The maximum absolute atomic E-state index is 11.0. The molecule has 1 atom stereocenters. The van der Waals surface area contributed by atoms with Crippen molar-refractivity contribution in [1.82, 2.24) is 9.38 Å². The molecule has 3 rings (SSSR count). The van der Waals surface area contributed by atoms with Gasteiger partial charge in [-0.2, -0.15) is 0 Å². The van der Waals surface area contributed by atoms with E-state index in [0.29, 0.717) is 5.92 Å². The van der Waals surface area contributed by atoms with Crippen molar-refractivity contribution in [3.8, 4) is 0 Å². The lowest BCUT2D eigenvalue weighted by Crippen LogP contribution is -2.24. The van der Waals surface area contributed by atoms with Crippen LogP contribution in [0.4, 0.5) is 0 Å². The largest absolute Gasteiger partial charge is 0.393 e. The molecule has 0 bridgehead atoms. The van der Waals surface area contributed by atoms with E-state index in [1.165, 1.54) is 5.56 Å². The van der Waals surface area contributed by atoms with Crippen molar-refractivity contribution < 1.29 is 10.2 Å². The summed E-state index contributed by atoms with van der Waals surface area (Å²) in [5, 5.41) is 20.6. The molecule has 1 fully saturated rings. The number of imidazole rings is 1. The predicted molar refractivity (Wildman–Crippen MR) is 82.2 cm³/mol. The fourth-order valence-corrected chi connectivity index (χ4v) is 3.51. The zero-order valence-corrected chi connectivity index (χ0v) is 12.7. The monoisotopic (exact) mass is 288 g/mol. The molecule has 0 radical (unpaired) electrons. The molecule has 1 aliphatic rings. The van der Waals surface area contributed by atoms with Gasteiger partial charge in [0.15, 0.2) is 0 Å². The van der Waals surface area contributed by atoms with Crippen LogP contribution in [0.1, 0.15) is 62.7 Å². The fourth-order valence-electron chi connectivity index (χ4n) is 3.51. The molecule has 4 nitrogen and oxygen atoms in total. The summed E-state index contributed by atoms with van der Waals surface area (Å²) in [5.41, 5.74) is 3.22. The molecule has 0 spiro atoms. The van der Waals surface area contributed by atoms with Gasteiger partial charge >= 0.3 is 0 Å². The van der Waals surface area contributed by atoms with Crippen LogP contribution in [0.25, 0.3) is 5.52 Å². The van der Waals surface area contributed by atoms with Crippen LogP contribution in [0.15, 0.2) is 24.8 Å². The summed E-state index contributed by atoms with van der Waals surface area (Å²) in [7, 11) is 0. The maximum atomic E-state index is 11.0. The third-order valence-electron chi connectivity index (χ3n) is 4.77. The Hall–Kier alpha value is -1.39. The molecular weight excluding hydrogens is 264 g/mol. The average Bonchev–Trinajstić information content (AvgIpc) is 2.94. The molecule has 2 aromatic heterocycles. The van der Waals surface area contributed by atoms with Crippen molar-refractivity contribution >= 4 is 5.52 Å². The third kappa shape index (κ3) is 2.70. The molecule has 0 unspecified atom stereocenters. The van der Waals surface area contributed by atoms with Crippen LogP contribution >= 0.6 is 0 Å². The molecule has 2 heterocycles. The number of hydrogen-bond acceptors (Lipinski definition) is 3. The van der Waals surface area contributed by atoms with Crippen LogP contribution in [0.2, 0.25) is 0 Å². The number of hydrogen-bond donors (Lipinski definition) is 2.